The minimum absolute atomic E-state index is 0.547. The average Bonchev–Trinajstić information content (AvgIpc) is 2.22. The number of aliphatic hydroxyl groups excluding tert-OH is 1. The number of carboxylic acids is 1. The molecule has 16 heavy (non-hydrogen) atoms. The molecule has 0 aliphatic carbocycles. The number of rotatable bonds is 7. The summed E-state index contributed by atoms with van der Waals surface area (Å²) in [6.07, 6.45) is -2.16. The van der Waals surface area contributed by atoms with E-state index in [4.69, 9.17) is 10.2 Å². The molecule has 0 fully saturated rings. The molecule has 94 valence electrons. The van der Waals surface area contributed by atoms with Gasteiger partial charge in [-0.2, -0.15) is 0 Å². The topological polar surface area (TPSA) is 130 Å². The Labute approximate surface area is 92.3 Å². The molecule has 3 N–H and O–H groups in total. The Kier molecular flexibility index (Phi) is 5.93. The number of sulfonamides is 1. The maximum Gasteiger partial charge on any atom is 0.336 e. The first-order chi connectivity index (χ1) is 7.28. The first-order valence-corrected chi connectivity index (χ1v) is 5.88. The molecule has 0 rings (SSSR count). The number of aliphatic carboxylic acids is 1. The summed E-state index contributed by atoms with van der Waals surface area (Å²) in [7, 11) is -2.77. The second kappa shape index (κ2) is 6.40. The van der Waals surface area contributed by atoms with Crippen LogP contribution in [-0.4, -0.2) is 56.1 Å². The maximum absolute atomic E-state index is 11.1. The van der Waals surface area contributed by atoms with Crippen LogP contribution in [0, 0.1) is 0 Å². The summed E-state index contributed by atoms with van der Waals surface area (Å²) >= 11 is 0. The van der Waals surface area contributed by atoms with Crippen molar-refractivity contribution in [3.05, 3.63) is 0 Å². The summed E-state index contributed by atoms with van der Waals surface area (Å²) in [5.74, 6) is -2.84. The lowest BCUT2D eigenvalue weighted by atomic mass is 10.4. The van der Waals surface area contributed by atoms with Crippen LogP contribution in [0.4, 0.5) is 0 Å². The molecule has 0 aromatic rings. The fourth-order valence-corrected chi connectivity index (χ4v) is 1.72. The lowest BCUT2D eigenvalue weighted by Gasteiger charge is -2.09. The second-order valence-corrected chi connectivity index (χ2v) is 4.78. The van der Waals surface area contributed by atoms with E-state index in [1.807, 2.05) is 4.72 Å². The monoisotopic (exact) mass is 255 g/mol. The Morgan fingerprint density at radius 3 is 2.44 bits per heavy atom. The summed E-state index contributed by atoms with van der Waals surface area (Å²) in [4.78, 5) is 20.8. The van der Waals surface area contributed by atoms with Gasteiger partial charge >= 0.3 is 11.9 Å². The summed E-state index contributed by atoms with van der Waals surface area (Å²) in [6.45, 7) is -0.547. The highest BCUT2D eigenvalue weighted by atomic mass is 32.2. The van der Waals surface area contributed by atoms with Crippen LogP contribution >= 0.6 is 0 Å². The number of ether oxygens (including phenoxy) is 1. The van der Waals surface area contributed by atoms with Crippen molar-refractivity contribution < 1.29 is 33.0 Å². The number of esters is 1. The normalized spacial score (nSPS) is 13.1. The Morgan fingerprint density at radius 2 is 2.00 bits per heavy atom. The van der Waals surface area contributed by atoms with Crippen molar-refractivity contribution in [2.24, 2.45) is 0 Å². The van der Waals surface area contributed by atoms with Crippen LogP contribution in [0.15, 0.2) is 0 Å². The van der Waals surface area contributed by atoms with Gasteiger partial charge in [0.05, 0.1) is 19.3 Å². The molecule has 0 saturated carbocycles. The lowest BCUT2D eigenvalue weighted by Crippen LogP contribution is -2.38. The number of nitrogens with one attached hydrogen (secondary N) is 1. The quantitative estimate of drug-likeness (QED) is 0.445. The SMILES string of the molecule is COC(=O)C(O)CNS(=O)(=O)CCC(=O)O. The van der Waals surface area contributed by atoms with Gasteiger partial charge in [-0.25, -0.2) is 17.9 Å². The van der Waals surface area contributed by atoms with Gasteiger partial charge in [0.1, 0.15) is 0 Å². The van der Waals surface area contributed by atoms with E-state index in [9.17, 15) is 18.0 Å². The van der Waals surface area contributed by atoms with E-state index in [1.165, 1.54) is 0 Å². The van der Waals surface area contributed by atoms with Crippen molar-refractivity contribution in [1.29, 1.82) is 0 Å². The zero-order chi connectivity index (χ0) is 12.8. The number of carbonyl (C=O) groups excluding carboxylic acids is 1. The van der Waals surface area contributed by atoms with Gasteiger partial charge in [-0.15, -0.1) is 0 Å². The summed E-state index contributed by atoms with van der Waals surface area (Å²) in [5, 5.41) is 17.3. The third kappa shape index (κ3) is 6.32. The van der Waals surface area contributed by atoms with Crippen molar-refractivity contribution >= 4 is 22.0 Å². The molecule has 0 bridgehead atoms. The molecular formula is C7H13NO7S. The van der Waals surface area contributed by atoms with Crippen LogP contribution in [0.5, 0.6) is 0 Å². The fourth-order valence-electron chi connectivity index (χ4n) is 0.719. The van der Waals surface area contributed by atoms with E-state index >= 15 is 0 Å². The predicted octanol–water partition coefficient (Wildman–Crippen LogP) is -2.09. The minimum atomic E-state index is -3.81. The maximum atomic E-state index is 11.1. The second-order valence-electron chi connectivity index (χ2n) is 2.85. The zero-order valence-electron chi connectivity index (χ0n) is 8.54. The van der Waals surface area contributed by atoms with Gasteiger partial charge in [-0.05, 0) is 0 Å². The Hall–Kier alpha value is -1.19. The number of carboxylic acid groups (broad SMARTS) is 1. The van der Waals surface area contributed by atoms with Crippen LogP contribution < -0.4 is 4.72 Å². The molecule has 0 radical (unpaired) electrons. The summed E-state index contributed by atoms with van der Waals surface area (Å²) < 4.78 is 28.3. The Bertz CT molecular complexity index is 350. The molecule has 0 aromatic carbocycles. The molecule has 0 aliphatic rings. The Balaban J connectivity index is 4.09. The van der Waals surface area contributed by atoms with E-state index in [-0.39, 0.29) is 0 Å². The Morgan fingerprint density at radius 1 is 1.44 bits per heavy atom. The molecule has 0 amide bonds. The van der Waals surface area contributed by atoms with E-state index in [0.717, 1.165) is 7.11 Å². The molecule has 1 atom stereocenters. The largest absolute Gasteiger partial charge is 0.481 e. The number of carbonyl (C=O) groups is 2. The smallest absolute Gasteiger partial charge is 0.336 e. The molecular weight excluding hydrogens is 242 g/mol. The molecule has 9 heteroatoms. The van der Waals surface area contributed by atoms with Crippen molar-refractivity contribution in [2.45, 2.75) is 12.5 Å². The van der Waals surface area contributed by atoms with Crippen LogP contribution in [0.3, 0.4) is 0 Å². The van der Waals surface area contributed by atoms with Crippen LogP contribution in [0.2, 0.25) is 0 Å². The number of hydrogen-bond acceptors (Lipinski definition) is 6. The van der Waals surface area contributed by atoms with Gasteiger partial charge < -0.3 is 14.9 Å². The van der Waals surface area contributed by atoms with Gasteiger partial charge in [-0.1, -0.05) is 0 Å². The number of methoxy groups -OCH3 is 1. The van der Waals surface area contributed by atoms with Crippen molar-refractivity contribution in [1.82, 2.24) is 4.72 Å². The van der Waals surface area contributed by atoms with Crippen molar-refractivity contribution in [2.75, 3.05) is 19.4 Å². The van der Waals surface area contributed by atoms with Crippen molar-refractivity contribution in [3.8, 4) is 0 Å². The van der Waals surface area contributed by atoms with Gasteiger partial charge in [0.15, 0.2) is 6.10 Å². The van der Waals surface area contributed by atoms with Crippen LogP contribution in [-0.2, 0) is 24.3 Å². The summed E-state index contributed by atoms with van der Waals surface area (Å²) in [5.41, 5.74) is 0. The van der Waals surface area contributed by atoms with E-state index in [1.54, 1.807) is 0 Å². The highest BCUT2D eigenvalue weighted by molar-refractivity contribution is 7.89. The van der Waals surface area contributed by atoms with Gasteiger partial charge in [0.25, 0.3) is 0 Å². The van der Waals surface area contributed by atoms with Gasteiger partial charge in [0, 0.05) is 6.54 Å². The van der Waals surface area contributed by atoms with Crippen LogP contribution in [0.1, 0.15) is 6.42 Å². The number of hydrogen-bond donors (Lipinski definition) is 3. The molecule has 1 unspecified atom stereocenters. The van der Waals surface area contributed by atoms with Crippen LogP contribution in [0.25, 0.3) is 0 Å². The van der Waals surface area contributed by atoms with E-state index < -0.39 is 46.8 Å². The highest BCUT2D eigenvalue weighted by Crippen LogP contribution is 1.92. The third-order valence-electron chi connectivity index (χ3n) is 1.55. The predicted molar refractivity (Wildman–Crippen MR) is 52.1 cm³/mol. The van der Waals surface area contributed by atoms with E-state index in [2.05, 4.69) is 4.74 Å². The fraction of sp³-hybridized carbons (Fsp3) is 0.714. The standard InChI is InChI=1S/C7H13NO7S/c1-15-7(12)5(9)4-8-16(13,14)3-2-6(10)11/h5,8-9H,2-4H2,1H3,(H,10,11). The third-order valence-corrected chi connectivity index (χ3v) is 2.90. The molecule has 8 nitrogen and oxygen atoms in total. The lowest BCUT2D eigenvalue weighted by molar-refractivity contribution is -0.149. The average molecular weight is 255 g/mol. The van der Waals surface area contributed by atoms with Crippen molar-refractivity contribution in [3.63, 3.8) is 0 Å². The highest BCUT2D eigenvalue weighted by Gasteiger charge is 2.19. The molecule has 0 heterocycles. The first-order valence-electron chi connectivity index (χ1n) is 4.23. The number of aliphatic hydroxyl groups is 1. The van der Waals surface area contributed by atoms with Gasteiger partial charge in [0.2, 0.25) is 10.0 Å². The molecule has 0 spiro atoms. The van der Waals surface area contributed by atoms with E-state index in [0.29, 0.717) is 0 Å². The van der Waals surface area contributed by atoms with Gasteiger partial charge in [-0.3, -0.25) is 4.79 Å². The summed E-state index contributed by atoms with van der Waals surface area (Å²) in [6, 6.07) is 0. The zero-order valence-corrected chi connectivity index (χ0v) is 9.36. The molecule has 0 saturated heterocycles. The first kappa shape index (κ1) is 14.8. The minimum Gasteiger partial charge on any atom is -0.481 e. The molecule has 0 aromatic heterocycles. The molecule has 0 aliphatic heterocycles.